The van der Waals surface area contributed by atoms with Crippen LogP contribution in [0.3, 0.4) is 0 Å². The molecule has 0 saturated carbocycles. The number of aromatic nitrogens is 2. The number of carbonyl (C=O) groups is 1. The molecule has 2 heterocycles. The first-order chi connectivity index (χ1) is 10.3. The van der Waals surface area contributed by atoms with Gasteiger partial charge < -0.3 is 10.3 Å². The van der Waals surface area contributed by atoms with E-state index in [9.17, 15) is 4.79 Å². The van der Waals surface area contributed by atoms with Crippen molar-refractivity contribution in [2.75, 3.05) is 6.54 Å². The summed E-state index contributed by atoms with van der Waals surface area (Å²) in [5, 5.41) is 4.16. The molecule has 0 aliphatic carbocycles. The van der Waals surface area contributed by atoms with Crippen LogP contribution in [0.15, 0.2) is 54.9 Å². The van der Waals surface area contributed by atoms with E-state index in [4.69, 9.17) is 0 Å². The van der Waals surface area contributed by atoms with Gasteiger partial charge in [-0.2, -0.15) is 0 Å². The first-order valence-electron chi connectivity index (χ1n) is 7.04. The minimum atomic E-state index is 0.00791. The van der Waals surface area contributed by atoms with Crippen LogP contribution in [0.2, 0.25) is 0 Å². The summed E-state index contributed by atoms with van der Waals surface area (Å²) in [7, 11) is 0. The maximum absolute atomic E-state index is 11.8. The van der Waals surface area contributed by atoms with Crippen molar-refractivity contribution in [3.8, 4) is 0 Å². The Hall–Kier alpha value is -2.62. The fourth-order valence-corrected chi connectivity index (χ4v) is 2.40. The molecule has 21 heavy (non-hydrogen) atoms. The first kappa shape index (κ1) is 13.4. The number of para-hydroxylation sites is 1. The number of rotatable bonds is 5. The van der Waals surface area contributed by atoms with Crippen molar-refractivity contribution in [2.24, 2.45) is 0 Å². The monoisotopic (exact) mass is 279 g/mol. The third kappa shape index (κ3) is 3.28. The Morgan fingerprint density at radius 1 is 1.14 bits per heavy atom. The second-order valence-electron chi connectivity index (χ2n) is 4.96. The number of hydrogen-bond donors (Lipinski definition) is 2. The highest BCUT2D eigenvalue weighted by Crippen LogP contribution is 2.17. The van der Waals surface area contributed by atoms with E-state index in [0.29, 0.717) is 13.0 Å². The van der Waals surface area contributed by atoms with Crippen molar-refractivity contribution >= 4 is 16.8 Å². The van der Waals surface area contributed by atoms with Crippen molar-refractivity contribution in [1.29, 1.82) is 0 Å². The van der Waals surface area contributed by atoms with Gasteiger partial charge in [-0.25, -0.2) is 0 Å². The van der Waals surface area contributed by atoms with Gasteiger partial charge in [0.05, 0.1) is 6.42 Å². The summed E-state index contributed by atoms with van der Waals surface area (Å²) >= 11 is 0. The molecule has 4 nitrogen and oxygen atoms in total. The SMILES string of the molecule is O=C(Cc1ccccn1)NCCc1c[nH]c2ccccc12. The number of H-pyrrole nitrogens is 1. The second-order valence-corrected chi connectivity index (χ2v) is 4.96. The molecule has 0 spiro atoms. The smallest absolute Gasteiger partial charge is 0.226 e. The van der Waals surface area contributed by atoms with Crippen molar-refractivity contribution in [1.82, 2.24) is 15.3 Å². The van der Waals surface area contributed by atoms with Gasteiger partial charge in [0, 0.05) is 35.5 Å². The van der Waals surface area contributed by atoms with Gasteiger partial charge in [0.1, 0.15) is 0 Å². The highest BCUT2D eigenvalue weighted by atomic mass is 16.1. The molecule has 106 valence electrons. The lowest BCUT2D eigenvalue weighted by molar-refractivity contribution is -0.120. The van der Waals surface area contributed by atoms with E-state index < -0.39 is 0 Å². The van der Waals surface area contributed by atoms with Crippen molar-refractivity contribution in [3.05, 3.63) is 66.1 Å². The fraction of sp³-hybridized carbons (Fsp3) is 0.176. The lowest BCUT2D eigenvalue weighted by Gasteiger charge is -2.04. The average molecular weight is 279 g/mol. The maximum atomic E-state index is 11.8. The molecule has 0 unspecified atom stereocenters. The van der Waals surface area contributed by atoms with E-state index in [1.54, 1.807) is 6.20 Å². The van der Waals surface area contributed by atoms with Gasteiger partial charge in [0.15, 0.2) is 0 Å². The molecule has 2 N–H and O–H groups in total. The third-order valence-corrected chi connectivity index (χ3v) is 3.46. The lowest BCUT2D eigenvalue weighted by atomic mass is 10.1. The quantitative estimate of drug-likeness (QED) is 0.753. The van der Waals surface area contributed by atoms with Gasteiger partial charge in [-0.1, -0.05) is 24.3 Å². The Kier molecular flexibility index (Phi) is 3.96. The van der Waals surface area contributed by atoms with Gasteiger partial charge in [-0.05, 0) is 30.2 Å². The number of nitrogens with one attached hydrogen (secondary N) is 2. The largest absolute Gasteiger partial charge is 0.361 e. The van der Waals surface area contributed by atoms with Gasteiger partial charge >= 0.3 is 0 Å². The summed E-state index contributed by atoms with van der Waals surface area (Å²) in [5.41, 5.74) is 3.15. The summed E-state index contributed by atoms with van der Waals surface area (Å²) in [5.74, 6) is 0.00791. The van der Waals surface area contributed by atoms with E-state index in [1.807, 2.05) is 36.5 Å². The molecule has 3 rings (SSSR count). The highest BCUT2D eigenvalue weighted by molar-refractivity contribution is 5.83. The van der Waals surface area contributed by atoms with Crippen LogP contribution in [-0.2, 0) is 17.6 Å². The van der Waals surface area contributed by atoms with E-state index in [1.165, 1.54) is 10.9 Å². The highest BCUT2D eigenvalue weighted by Gasteiger charge is 2.05. The van der Waals surface area contributed by atoms with Crippen LogP contribution in [0.5, 0.6) is 0 Å². The van der Waals surface area contributed by atoms with Crippen molar-refractivity contribution < 1.29 is 4.79 Å². The molecule has 4 heteroatoms. The average Bonchev–Trinajstić information content (AvgIpc) is 2.92. The van der Waals surface area contributed by atoms with E-state index in [-0.39, 0.29) is 5.91 Å². The molecule has 0 atom stereocenters. The normalized spacial score (nSPS) is 10.7. The van der Waals surface area contributed by atoms with Crippen LogP contribution < -0.4 is 5.32 Å². The van der Waals surface area contributed by atoms with Crippen LogP contribution in [0.1, 0.15) is 11.3 Å². The Morgan fingerprint density at radius 2 is 2.00 bits per heavy atom. The van der Waals surface area contributed by atoms with Crippen molar-refractivity contribution in [3.63, 3.8) is 0 Å². The number of benzene rings is 1. The molecule has 0 saturated heterocycles. The number of nitrogens with zero attached hydrogens (tertiary/aromatic N) is 1. The zero-order valence-electron chi connectivity index (χ0n) is 11.7. The molecule has 3 aromatic rings. The molecule has 1 aromatic carbocycles. The van der Waals surface area contributed by atoms with E-state index in [0.717, 1.165) is 17.6 Å². The Morgan fingerprint density at radius 3 is 2.86 bits per heavy atom. The van der Waals surface area contributed by atoms with Crippen LogP contribution >= 0.6 is 0 Å². The first-order valence-corrected chi connectivity index (χ1v) is 7.04. The number of aromatic amines is 1. The zero-order chi connectivity index (χ0) is 14.5. The number of hydrogen-bond acceptors (Lipinski definition) is 2. The minimum absolute atomic E-state index is 0.00791. The van der Waals surface area contributed by atoms with E-state index >= 15 is 0 Å². The van der Waals surface area contributed by atoms with Gasteiger partial charge in [0.25, 0.3) is 0 Å². The number of amides is 1. The Labute approximate surface area is 123 Å². The molecular weight excluding hydrogens is 262 g/mol. The lowest BCUT2D eigenvalue weighted by Crippen LogP contribution is -2.27. The molecule has 2 aromatic heterocycles. The molecule has 0 aliphatic rings. The molecule has 0 bridgehead atoms. The predicted octanol–water partition coefficient (Wildman–Crippen LogP) is 2.46. The van der Waals surface area contributed by atoms with Gasteiger partial charge in [-0.15, -0.1) is 0 Å². The Bertz CT molecular complexity index is 734. The predicted molar refractivity (Wildman–Crippen MR) is 83.0 cm³/mol. The van der Waals surface area contributed by atoms with E-state index in [2.05, 4.69) is 27.4 Å². The molecular formula is C17H17N3O. The number of fused-ring (bicyclic) bond motifs is 1. The van der Waals surface area contributed by atoms with Crippen LogP contribution in [-0.4, -0.2) is 22.4 Å². The molecule has 0 radical (unpaired) electrons. The molecule has 1 amide bonds. The summed E-state index contributed by atoms with van der Waals surface area (Å²) in [6, 6.07) is 13.8. The second kappa shape index (κ2) is 6.22. The summed E-state index contributed by atoms with van der Waals surface area (Å²) < 4.78 is 0. The molecule has 0 fully saturated rings. The number of pyridine rings is 1. The summed E-state index contributed by atoms with van der Waals surface area (Å²) in [6.07, 6.45) is 4.86. The summed E-state index contributed by atoms with van der Waals surface area (Å²) in [6.45, 7) is 0.632. The van der Waals surface area contributed by atoms with Crippen LogP contribution in [0.25, 0.3) is 10.9 Å². The van der Waals surface area contributed by atoms with Crippen LogP contribution in [0, 0.1) is 0 Å². The third-order valence-electron chi connectivity index (χ3n) is 3.46. The maximum Gasteiger partial charge on any atom is 0.226 e. The van der Waals surface area contributed by atoms with Crippen molar-refractivity contribution in [2.45, 2.75) is 12.8 Å². The molecule has 0 aliphatic heterocycles. The standard InChI is InChI=1S/C17H17N3O/c21-17(11-14-5-3-4-9-18-14)19-10-8-13-12-20-16-7-2-1-6-15(13)16/h1-7,9,12,20H,8,10-11H2,(H,19,21). The minimum Gasteiger partial charge on any atom is -0.361 e. The van der Waals surface area contributed by atoms with Crippen LogP contribution in [0.4, 0.5) is 0 Å². The zero-order valence-corrected chi connectivity index (χ0v) is 11.7. The van der Waals surface area contributed by atoms with Gasteiger partial charge in [0.2, 0.25) is 5.91 Å². The Balaban J connectivity index is 1.53. The fourth-order valence-electron chi connectivity index (χ4n) is 2.40. The topological polar surface area (TPSA) is 57.8 Å². The number of carbonyl (C=O) groups excluding carboxylic acids is 1. The summed E-state index contributed by atoms with van der Waals surface area (Å²) in [4.78, 5) is 19.2. The van der Waals surface area contributed by atoms with Gasteiger partial charge in [-0.3, -0.25) is 9.78 Å².